The summed E-state index contributed by atoms with van der Waals surface area (Å²) in [7, 11) is 0. The van der Waals surface area contributed by atoms with Crippen LogP contribution in [0.3, 0.4) is 0 Å². The van der Waals surface area contributed by atoms with Gasteiger partial charge in [0.25, 0.3) is 0 Å². The standard InChI is InChI=1S/C33H17NO/c35-28-12-11-23-25-14-18-6-2-4-8-22(18)24-15-20-10-9-19-13-17-5-1-3-7-21(17)26-16-27(33(23)34-28)32(31(24)25)30(20)29(19)26/h1-16H,(H,34,35). The molecule has 0 radical (unpaired) electrons. The van der Waals surface area contributed by atoms with Gasteiger partial charge in [0, 0.05) is 22.2 Å². The van der Waals surface area contributed by atoms with Crippen LogP contribution < -0.4 is 5.56 Å². The summed E-state index contributed by atoms with van der Waals surface area (Å²) < 4.78 is 0. The molecule has 1 N–H and O–H groups in total. The monoisotopic (exact) mass is 443 g/mol. The van der Waals surface area contributed by atoms with E-state index in [9.17, 15) is 4.79 Å². The van der Waals surface area contributed by atoms with Gasteiger partial charge in [0.05, 0.1) is 5.52 Å². The summed E-state index contributed by atoms with van der Waals surface area (Å²) in [6, 6.07) is 34.7. The molecule has 0 fully saturated rings. The topological polar surface area (TPSA) is 32.9 Å². The highest BCUT2D eigenvalue weighted by Gasteiger charge is 2.21. The quantitative estimate of drug-likeness (QED) is 0.185. The van der Waals surface area contributed by atoms with Crippen molar-refractivity contribution in [2.45, 2.75) is 0 Å². The fourth-order valence-electron chi connectivity index (χ4n) is 6.64. The van der Waals surface area contributed by atoms with Gasteiger partial charge in [0.2, 0.25) is 5.56 Å². The molecule has 0 amide bonds. The molecule has 0 aliphatic heterocycles. The lowest BCUT2D eigenvalue weighted by Crippen LogP contribution is -2.03. The first-order valence-electron chi connectivity index (χ1n) is 12.0. The zero-order chi connectivity index (χ0) is 22.8. The molecule has 0 unspecified atom stereocenters. The van der Waals surface area contributed by atoms with Gasteiger partial charge in [-0.1, -0.05) is 60.7 Å². The number of hydrogen-bond acceptors (Lipinski definition) is 1. The van der Waals surface area contributed by atoms with Crippen molar-refractivity contribution >= 4 is 86.3 Å². The van der Waals surface area contributed by atoms with Crippen LogP contribution in [0.4, 0.5) is 0 Å². The first-order chi connectivity index (χ1) is 17.3. The average Bonchev–Trinajstić information content (AvgIpc) is 2.90. The van der Waals surface area contributed by atoms with E-state index in [1.807, 2.05) is 6.07 Å². The molecule has 9 rings (SSSR count). The molecule has 1 heterocycles. The normalized spacial score (nSPS) is 12.7. The summed E-state index contributed by atoms with van der Waals surface area (Å²) in [4.78, 5) is 15.8. The van der Waals surface area contributed by atoms with E-state index in [-0.39, 0.29) is 5.56 Å². The first-order valence-corrected chi connectivity index (χ1v) is 12.0. The smallest absolute Gasteiger partial charge is 0.248 e. The van der Waals surface area contributed by atoms with Crippen LogP contribution in [0.2, 0.25) is 0 Å². The summed E-state index contributed by atoms with van der Waals surface area (Å²) >= 11 is 0. The minimum atomic E-state index is -0.0702. The Balaban J connectivity index is 1.74. The van der Waals surface area contributed by atoms with Crippen LogP contribution >= 0.6 is 0 Å². The van der Waals surface area contributed by atoms with Crippen LogP contribution in [-0.2, 0) is 0 Å². The molecule has 0 aliphatic carbocycles. The lowest BCUT2D eigenvalue weighted by Gasteiger charge is -2.21. The van der Waals surface area contributed by atoms with Crippen molar-refractivity contribution in [3.05, 3.63) is 107 Å². The molecule has 35 heavy (non-hydrogen) atoms. The van der Waals surface area contributed by atoms with Gasteiger partial charge in [-0.25, -0.2) is 0 Å². The van der Waals surface area contributed by atoms with Crippen molar-refractivity contribution in [3.8, 4) is 0 Å². The number of pyridine rings is 1. The van der Waals surface area contributed by atoms with E-state index in [2.05, 4.69) is 89.9 Å². The Morgan fingerprint density at radius 1 is 0.400 bits per heavy atom. The Morgan fingerprint density at radius 3 is 1.83 bits per heavy atom. The molecule has 160 valence electrons. The third-order valence-corrected chi connectivity index (χ3v) is 8.03. The lowest BCUT2D eigenvalue weighted by molar-refractivity contribution is 1.32. The van der Waals surface area contributed by atoms with Gasteiger partial charge >= 0.3 is 0 Å². The summed E-state index contributed by atoms with van der Waals surface area (Å²) in [5.74, 6) is 0. The zero-order valence-electron chi connectivity index (χ0n) is 18.6. The highest BCUT2D eigenvalue weighted by Crippen LogP contribution is 2.49. The highest BCUT2D eigenvalue weighted by molar-refractivity contribution is 6.44. The average molecular weight is 444 g/mol. The van der Waals surface area contributed by atoms with Crippen LogP contribution in [-0.4, -0.2) is 4.98 Å². The Labute approximate surface area is 198 Å². The van der Waals surface area contributed by atoms with Gasteiger partial charge in [-0.05, 0) is 95.0 Å². The molecule has 0 atom stereocenters. The maximum Gasteiger partial charge on any atom is 0.248 e. The predicted octanol–water partition coefficient (Wildman–Crippen LogP) is 8.48. The second-order valence-corrected chi connectivity index (χ2v) is 9.76. The number of aromatic nitrogens is 1. The molecule has 0 saturated carbocycles. The zero-order valence-corrected chi connectivity index (χ0v) is 18.6. The van der Waals surface area contributed by atoms with E-state index in [1.54, 1.807) is 6.07 Å². The maximum absolute atomic E-state index is 12.6. The molecule has 9 aromatic rings. The summed E-state index contributed by atoms with van der Waals surface area (Å²) in [5.41, 5.74) is 0.851. The SMILES string of the molecule is O=c1ccc2c3cc4ccccc4c4cc5ccc6cc7ccccc7c7cc(c2[nH]1)c(c43)c5c67. The van der Waals surface area contributed by atoms with Gasteiger partial charge < -0.3 is 4.98 Å². The largest absolute Gasteiger partial charge is 0.321 e. The Kier molecular flexibility index (Phi) is 2.97. The van der Waals surface area contributed by atoms with Crippen LogP contribution in [0.25, 0.3) is 86.3 Å². The molecular formula is C33H17NO. The minimum absolute atomic E-state index is 0.0702. The predicted molar refractivity (Wildman–Crippen MR) is 149 cm³/mol. The van der Waals surface area contributed by atoms with Gasteiger partial charge in [-0.2, -0.15) is 0 Å². The van der Waals surface area contributed by atoms with E-state index in [0.29, 0.717) is 0 Å². The number of fused-ring (bicyclic) bond motifs is 7. The molecule has 0 aliphatic rings. The number of hydrogen-bond donors (Lipinski definition) is 1. The van der Waals surface area contributed by atoms with E-state index >= 15 is 0 Å². The van der Waals surface area contributed by atoms with Gasteiger partial charge in [-0.15, -0.1) is 0 Å². The summed E-state index contributed by atoms with van der Waals surface area (Å²) in [6.45, 7) is 0. The van der Waals surface area contributed by atoms with Crippen molar-refractivity contribution in [2.75, 3.05) is 0 Å². The van der Waals surface area contributed by atoms with Crippen LogP contribution in [0.5, 0.6) is 0 Å². The van der Waals surface area contributed by atoms with Crippen molar-refractivity contribution in [1.82, 2.24) is 4.98 Å². The highest BCUT2D eigenvalue weighted by atomic mass is 16.1. The molecular weight excluding hydrogens is 426 g/mol. The summed E-state index contributed by atoms with van der Waals surface area (Å²) in [6.07, 6.45) is 0. The van der Waals surface area contributed by atoms with E-state index in [1.165, 1.54) is 70.0 Å². The molecule has 8 aromatic carbocycles. The van der Waals surface area contributed by atoms with Crippen molar-refractivity contribution in [3.63, 3.8) is 0 Å². The van der Waals surface area contributed by atoms with Gasteiger partial charge in [0.15, 0.2) is 0 Å². The van der Waals surface area contributed by atoms with Crippen molar-refractivity contribution in [2.24, 2.45) is 0 Å². The molecule has 0 saturated heterocycles. The maximum atomic E-state index is 12.6. The number of benzene rings is 8. The number of rotatable bonds is 0. The third kappa shape index (κ3) is 2.05. The van der Waals surface area contributed by atoms with E-state index in [4.69, 9.17) is 0 Å². The third-order valence-electron chi connectivity index (χ3n) is 8.03. The first kappa shape index (κ1) is 17.7. The Bertz CT molecular complexity index is 2390. The van der Waals surface area contributed by atoms with Crippen LogP contribution in [0.1, 0.15) is 0 Å². The van der Waals surface area contributed by atoms with Crippen LogP contribution in [0, 0.1) is 0 Å². The molecule has 1 aromatic heterocycles. The van der Waals surface area contributed by atoms with E-state index in [0.717, 1.165) is 16.3 Å². The van der Waals surface area contributed by atoms with Gasteiger partial charge in [-0.3, -0.25) is 4.79 Å². The Hall–Kier alpha value is -4.69. The number of nitrogens with one attached hydrogen (secondary N) is 1. The molecule has 2 heteroatoms. The molecule has 2 nitrogen and oxygen atoms in total. The summed E-state index contributed by atoms with van der Waals surface area (Å²) in [5, 5.41) is 18.5. The minimum Gasteiger partial charge on any atom is -0.321 e. The van der Waals surface area contributed by atoms with E-state index < -0.39 is 0 Å². The second-order valence-electron chi connectivity index (χ2n) is 9.76. The lowest BCUT2D eigenvalue weighted by atomic mass is 9.83. The second kappa shape index (κ2) is 5.86. The van der Waals surface area contributed by atoms with Gasteiger partial charge in [0.1, 0.15) is 0 Å². The number of aromatic amines is 1. The Morgan fingerprint density at radius 2 is 1.03 bits per heavy atom. The van der Waals surface area contributed by atoms with Crippen LogP contribution in [0.15, 0.2) is 102 Å². The fraction of sp³-hybridized carbons (Fsp3) is 0. The molecule has 0 spiro atoms. The fourth-order valence-corrected chi connectivity index (χ4v) is 6.64. The molecule has 0 bridgehead atoms. The van der Waals surface area contributed by atoms with Crippen molar-refractivity contribution < 1.29 is 0 Å². The van der Waals surface area contributed by atoms with Crippen molar-refractivity contribution in [1.29, 1.82) is 0 Å². The number of H-pyrrole nitrogens is 1.